The Hall–Kier alpha value is -0.700. The maximum atomic E-state index is 10.8. The van der Waals surface area contributed by atoms with Crippen LogP contribution in [0.4, 0.5) is 0 Å². The molecule has 2 nitrogen and oxygen atoms in total. The van der Waals surface area contributed by atoms with Gasteiger partial charge < -0.3 is 4.74 Å². The molecule has 1 aliphatic rings. The van der Waals surface area contributed by atoms with Gasteiger partial charge in [-0.05, 0) is 12.8 Å². The Bertz CT molecular complexity index is 219. The molecule has 0 fully saturated rings. The van der Waals surface area contributed by atoms with Crippen molar-refractivity contribution in [1.29, 1.82) is 0 Å². The predicted octanol–water partition coefficient (Wildman–Crippen LogP) is 2.13. The second-order valence-electron chi connectivity index (χ2n) is 2.45. The highest BCUT2D eigenvalue weighted by Gasteiger charge is 2.03. The van der Waals surface area contributed by atoms with Crippen LogP contribution in [-0.4, -0.2) is 18.8 Å². The summed E-state index contributed by atoms with van der Waals surface area (Å²) >= 11 is 1.53. The van der Waals surface area contributed by atoms with E-state index < -0.39 is 0 Å². The van der Waals surface area contributed by atoms with E-state index >= 15 is 0 Å². The summed E-state index contributed by atoms with van der Waals surface area (Å²) in [5.74, 6) is 0.243. The van der Waals surface area contributed by atoms with E-state index in [9.17, 15) is 4.79 Å². The molecule has 0 spiro atoms. The van der Waals surface area contributed by atoms with Crippen molar-refractivity contribution in [2.24, 2.45) is 0 Å². The number of rotatable bonds is 3. The fraction of sp³-hybridized carbons (Fsp3) is 0.444. The van der Waals surface area contributed by atoms with E-state index in [-0.39, 0.29) is 5.97 Å². The molecule has 1 rings (SSSR count). The smallest absolute Gasteiger partial charge is 0.315 e. The lowest BCUT2D eigenvalue weighted by Crippen LogP contribution is -2.03. The summed E-state index contributed by atoms with van der Waals surface area (Å²) in [4.78, 5) is 11.9. The minimum atomic E-state index is -0.167. The minimum absolute atomic E-state index is 0.167. The van der Waals surface area contributed by atoms with E-state index in [0.29, 0.717) is 5.75 Å². The van der Waals surface area contributed by atoms with E-state index in [1.807, 2.05) is 0 Å². The average Bonchev–Trinajstić information content (AvgIpc) is 2.16. The van der Waals surface area contributed by atoms with E-state index in [0.717, 1.165) is 12.8 Å². The quantitative estimate of drug-likeness (QED) is 0.628. The first kappa shape index (κ1) is 9.39. The lowest BCUT2D eigenvalue weighted by atomic mass is 10.2. The van der Waals surface area contributed by atoms with Crippen molar-refractivity contribution >= 4 is 17.7 Å². The summed E-state index contributed by atoms with van der Waals surface area (Å²) in [6.45, 7) is 0. The predicted molar refractivity (Wildman–Crippen MR) is 50.9 cm³/mol. The molecular formula is C9H12O2S. The third kappa shape index (κ3) is 3.13. The maximum Gasteiger partial charge on any atom is 0.315 e. The Morgan fingerprint density at radius 2 is 2.50 bits per heavy atom. The Balaban J connectivity index is 2.27. The van der Waals surface area contributed by atoms with Crippen LogP contribution in [0.15, 0.2) is 23.1 Å². The third-order valence-electron chi connectivity index (χ3n) is 1.55. The third-order valence-corrected chi connectivity index (χ3v) is 2.56. The van der Waals surface area contributed by atoms with Crippen molar-refractivity contribution in [2.45, 2.75) is 12.8 Å². The molecule has 0 aliphatic heterocycles. The molecule has 0 aromatic heterocycles. The number of allylic oxidation sites excluding steroid dienone is 3. The van der Waals surface area contributed by atoms with Crippen LogP contribution in [0.25, 0.3) is 0 Å². The van der Waals surface area contributed by atoms with E-state index in [1.54, 1.807) is 0 Å². The molecule has 0 amide bonds. The topological polar surface area (TPSA) is 26.3 Å². The summed E-state index contributed by atoms with van der Waals surface area (Å²) in [6, 6.07) is 0. The summed E-state index contributed by atoms with van der Waals surface area (Å²) in [5, 5.41) is 0. The molecule has 0 atom stereocenters. The van der Waals surface area contributed by atoms with Gasteiger partial charge in [-0.25, -0.2) is 0 Å². The summed E-state index contributed by atoms with van der Waals surface area (Å²) in [7, 11) is 1.41. The number of esters is 1. The lowest BCUT2D eigenvalue weighted by molar-refractivity contribution is -0.137. The monoisotopic (exact) mass is 184 g/mol. The number of hydrogen-bond donors (Lipinski definition) is 0. The van der Waals surface area contributed by atoms with Crippen LogP contribution in [0, 0.1) is 0 Å². The van der Waals surface area contributed by atoms with Crippen molar-refractivity contribution in [3.63, 3.8) is 0 Å². The normalized spacial score (nSPS) is 15.6. The van der Waals surface area contributed by atoms with Crippen molar-refractivity contribution in [2.75, 3.05) is 12.9 Å². The van der Waals surface area contributed by atoms with Gasteiger partial charge in [0.25, 0.3) is 0 Å². The molecule has 0 aromatic rings. The zero-order chi connectivity index (χ0) is 8.81. The number of hydrogen-bond acceptors (Lipinski definition) is 3. The second-order valence-corrected chi connectivity index (χ2v) is 3.50. The molecule has 0 aromatic carbocycles. The van der Waals surface area contributed by atoms with Crippen molar-refractivity contribution < 1.29 is 9.53 Å². The lowest BCUT2D eigenvalue weighted by Gasteiger charge is -2.04. The van der Waals surface area contributed by atoms with Gasteiger partial charge in [0.1, 0.15) is 0 Å². The summed E-state index contributed by atoms with van der Waals surface area (Å²) in [5.41, 5.74) is 0. The van der Waals surface area contributed by atoms with Gasteiger partial charge >= 0.3 is 5.97 Å². The van der Waals surface area contributed by atoms with Crippen LogP contribution < -0.4 is 0 Å². The first-order valence-corrected chi connectivity index (χ1v) is 4.88. The average molecular weight is 184 g/mol. The zero-order valence-corrected chi connectivity index (χ0v) is 7.89. The van der Waals surface area contributed by atoms with Crippen molar-refractivity contribution in [3.05, 3.63) is 23.1 Å². The standard InChI is InChI=1S/C9H12O2S/c1-11-9(10)7-12-8-5-3-2-4-6-8/h3,5-6H,2,4,7H2,1H3. The molecule has 0 saturated heterocycles. The molecule has 66 valence electrons. The minimum Gasteiger partial charge on any atom is -0.468 e. The van der Waals surface area contributed by atoms with Crippen molar-refractivity contribution in [3.8, 4) is 0 Å². The Morgan fingerprint density at radius 3 is 3.08 bits per heavy atom. The number of thioether (sulfide) groups is 1. The highest BCUT2D eigenvalue weighted by molar-refractivity contribution is 8.03. The van der Waals surface area contributed by atoms with Crippen LogP contribution in [0.5, 0.6) is 0 Å². The second kappa shape index (κ2) is 5.04. The van der Waals surface area contributed by atoms with Gasteiger partial charge in [-0.2, -0.15) is 0 Å². The molecule has 0 radical (unpaired) electrons. The molecule has 0 heterocycles. The summed E-state index contributed by atoms with van der Waals surface area (Å²) < 4.78 is 4.53. The Morgan fingerprint density at radius 1 is 1.67 bits per heavy atom. The van der Waals surface area contributed by atoms with Crippen molar-refractivity contribution in [1.82, 2.24) is 0 Å². The van der Waals surface area contributed by atoms with Gasteiger partial charge in [-0.1, -0.05) is 18.2 Å². The molecule has 0 unspecified atom stereocenters. The molecule has 0 bridgehead atoms. The maximum absolute atomic E-state index is 10.8. The highest BCUT2D eigenvalue weighted by Crippen LogP contribution is 2.21. The van der Waals surface area contributed by atoms with Gasteiger partial charge in [0, 0.05) is 4.91 Å². The molecule has 0 N–H and O–H groups in total. The van der Waals surface area contributed by atoms with Gasteiger partial charge in [-0.3, -0.25) is 4.79 Å². The van der Waals surface area contributed by atoms with E-state index in [4.69, 9.17) is 0 Å². The molecular weight excluding hydrogens is 172 g/mol. The van der Waals surface area contributed by atoms with Crippen LogP contribution >= 0.6 is 11.8 Å². The van der Waals surface area contributed by atoms with Crippen LogP contribution in [0.2, 0.25) is 0 Å². The number of ether oxygens (including phenoxy) is 1. The van der Waals surface area contributed by atoms with Gasteiger partial charge in [0.05, 0.1) is 12.9 Å². The molecule has 12 heavy (non-hydrogen) atoms. The van der Waals surface area contributed by atoms with Gasteiger partial charge in [0.2, 0.25) is 0 Å². The van der Waals surface area contributed by atoms with Crippen LogP contribution in [0.3, 0.4) is 0 Å². The Labute approximate surface area is 76.7 Å². The fourth-order valence-electron chi connectivity index (χ4n) is 0.898. The SMILES string of the molecule is COC(=O)CSC1=CCCC=C1. The molecule has 3 heteroatoms. The number of carbonyl (C=O) groups is 1. The first-order chi connectivity index (χ1) is 5.83. The fourth-order valence-corrected chi connectivity index (χ4v) is 1.73. The van der Waals surface area contributed by atoms with Gasteiger partial charge in [0.15, 0.2) is 0 Å². The molecule has 0 saturated carbocycles. The van der Waals surface area contributed by atoms with E-state index in [1.165, 1.54) is 23.8 Å². The zero-order valence-electron chi connectivity index (χ0n) is 7.08. The number of carbonyl (C=O) groups excluding carboxylic acids is 1. The molecule has 1 aliphatic carbocycles. The van der Waals surface area contributed by atoms with Crippen LogP contribution in [0.1, 0.15) is 12.8 Å². The number of methoxy groups -OCH3 is 1. The first-order valence-electron chi connectivity index (χ1n) is 3.89. The highest BCUT2D eigenvalue weighted by atomic mass is 32.2. The van der Waals surface area contributed by atoms with Crippen LogP contribution in [-0.2, 0) is 9.53 Å². The van der Waals surface area contributed by atoms with Gasteiger partial charge in [-0.15, -0.1) is 11.8 Å². The largest absolute Gasteiger partial charge is 0.468 e. The summed E-state index contributed by atoms with van der Waals surface area (Å²) in [6.07, 6.45) is 8.52. The van der Waals surface area contributed by atoms with E-state index in [2.05, 4.69) is 23.0 Å². The Kier molecular flexibility index (Phi) is 3.94.